The Kier molecular flexibility index (Phi) is 4.06. The van der Waals surface area contributed by atoms with Gasteiger partial charge in [0.15, 0.2) is 5.78 Å². The summed E-state index contributed by atoms with van der Waals surface area (Å²) < 4.78 is 0. The molecule has 4 nitrogen and oxygen atoms in total. The summed E-state index contributed by atoms with van der Waals surface area (Å²) in [5, 5.41) is 0. The predicted octanol–water partition coefficient (Wildman–Crippen LogP) is 3.04. The number of benzene rings is 1. The molecule has 21 heavy (non-hydrogen) atoms. The number of rotatable bonds is 4. The summed E-state index contributed by atoms with van der Waals surface area (Å²) in [6.07, 6.45) is 3.28. The number of aryl methyl sites for hydroxylation is 1. The Morgan fingerprint density at radius 2 is 2.14 bits per heavy atom. The Balaban J connectivity index is 1.72. The second-order valence-electron chi connectivity index (χ2n) is 6.15. The number of fused-ring (bicyclic) bond motifs is 1. The number of aromatic amines is 1. The van der Waals surface area contributed by atoms with Crippen molar-refractivity contribution >= 4 is 16.8 Å². The lowest BCUT2D eigenvalue weighted by molar-refractivity contribution is 0.0900. The van der Waals surface area contributed by atoms with Gasteiger partial charge in [0.05, 0.1) is 17.6 Å². The van der Waals surface area contributed by atoms with Gasteiger partial charge >= 0.3 is 0 Å². The van der Waals surface area contributed by atoms with Gasteiger partial charge in [0.25, 0.3) is 0 Å². The summed E-state index contributed by atoms with van der Waals surface area (Å²) in [6.45, 7) is 6.98. The number of likely N-dealkylation sites (tertiary alicyclic amines) is 1. The Labute approximate surface area is 125 Å². The normalized spacial score (nSPS) is 17.4. The molecule has 4 heteroatoms. The quantitative estimate of drug-likeness (QED) is 0.878. The first kappa shape index (κ1) is 14.3. The maximum atomic E-state index is 12.4. The highest BCUT2D eigenvalue weighted by Gasteiger charge is 2.19. The molecule has 3 rings (SSSR count). The SMILES string of the molecule is CCc1nc2ccc(C(=O)CN3CCC(C)CC3)cc2[nH]1. The van der Waals surface area contributed by atoms with Gasteiger partial charge < -0.3 is 4.98 Å². The Morgan fingerprint density at radius 1 is 1.38 bits per heavy atom. The molecule has 1 aromatic heterocycles. The standard InChI is InChI=1S/C17H23N3O/c1-3-17-18-14-5-4-13(10-15(14)19-17)16(21)11-20-8-6-12(2)7-9-20/h4-5,10,12H,3,6-9,11H2,1-2H3,(H,18,19). The highest BCUT2D eigenvalue weighted by Crippen LogP contribution is 2.18. The fourth-order valence-electron chi connectivity index (χ4n) is 2.92. The molecular weight excluding hydrogens is 262 g/mol. The second-order valence-corrected chi connectivity index (χ2v) is 6.15. The van der Waals surface area contributed by atoms with E-state index in [1.54, 1.807) is 0 Å². The first-order valence-corrected chi connectivity index (χ1v) is 7.90. The Morgan fingerprint density at radius 3 is 2.86 bits per heavy atom. The van der Waals surface area contributed by atoms with Gasteiger partial charge in [-0.05, 0) is 50.0 Å². The van der Waals surface area contributed by atoms with Crippen LogP contribution in [-0.4, -0.2) is 40.3 Å². The number of aromatic nitrogens is 2. The number of hydrogen-bond donors (Lipinski definition) is 1. The first-order chi connectivity index (χ1) is 10.2. The zero-order chi connectivity index (χ0) is 14.8. The van der Waals surface area contributed by atoms with Crippen LogP contribution in [0.5, 0.6) is 0 Å². The molecule has 0 aliphatic carbocycles. The van der Waals surface area contributed by atoms with E-state index in [1.165, 1.54) is 12.8 Å². The predicted molar refractivity (Wildman–Crippen MR) is 84.6 cm³/mol. The number of piperidine rings is 1. The molecule has 0 radical (unpaired) electrons. The number of carbonyl (C=O) groups is 1. The minimum Gasteiger partial charge on any atom is -0.342 e. The minimum atomic E-state index is 0.208. The van der Waals surface area contributed by atoms with Crippen molar-refractivity contribution < 1.29 is 4.79 Å². The largest absolute Gasteiger partial charge is 0.342 e. The first-order valence-electron chi connectivity index (χ1n) is 7.90. The zero-order valence-corrected chi connectivity index (χ0v) is 12.9. The number of H-pyrrole nitrogens is 1. The van der Waals surface area contributed by atoms with Crippen LogP contribution in [0.2, 0.25) is 0 Å². The highest BCUT2D eigenvalue weighted by molar-refractivity contribution is 6.00. The molecule has 0 bridgehead atoms. The van der Waals surface area contributed by atoms with Crippen LogP contribution < -0.4 is 0 Å². The van der Waals surface area contributed by atoms with Gasteiger partial charge in [-0.25, -0.2) is 4.98 Å². The van der Waals surface area contributed by atoms with E-state index in [1.807, 2.05) is 18.2 Å². The summed E-state index contributed by atoms with van der Waals surface area (Å²) in [5.74, 6) is 1.98. The number of nitrogens with one attached hydrogen (secondary N) is 1. The van der Waals surface area contributed by atoms with Gasteiger partial charge in [0, 0.05) is 12.0 Å². The maximum absolute atomic E-state index is 12.4. The number of ketones is 1. The maximum Gasteiger partial charge on any atom is 0.176 e. The van der Waals surface area contributed by atoms with Crippen molar-refractivity contribution in [1.29, 1.82) is 0 Å². The van der Waals surface area contributed by atoms with Crippen molar-refractivity contribution in [3.05, 3.63) is 29.6 Å². The van der Waals surface area contributed by atoms with E-state index in [4.69, 9.17) is 0 Å². The van der Waals surface area contributed by atoms with Gasteiger partial charge in [0.1, 0.15) is 5.82 Å². The van der Waals surface area contributed by atoms with Crippen LogP contribution in [0, 0.1) is 5.92 Å². The number of imidazole rings is 1. The number of carbonyl (C=O) groups excluding carboxylic acids is 1. The Hall–Kier alpha value is -1.68. The van der Waals surface area contributed by atoms with Crippen molar-refractivity contribution in [2.24, 2.45) is 5.92 Å². The monoisotopic (exact) mass is 285 g/mol. The minimum absolute atomic E-state index is 0.208. The van der Waals surface area contributed by atoms with Gasteiger partial charge in [-0.1, -0.05) is 13.8 Å². The van der Waals surface area contributed by atoms with Gasteiger partial charge in [0.2, 0.25) is 0 Å². The average Bonchev–Trinajstić information content (AvgIpc) is 2.91. The average molecular weight is 285 g/mol. The molecule has 0 amide bonds. The van der Waals surface area contributed by atoms with Crippen LogP contribution >= 0.6 is 0 Å². The zero-order valence-electron chi connectivity index (χ0n) is 12.9. The van der Waals surface area contributed by atoms with Crippen LogP contribution in [0.4, 0.5) is 0 Å². The van der Waals surface area contributed by atoms with Crippen LogP contribution in [0.3, 0.4) is 0 Å². The molecule has 1 fully saturated rings. The third kappa shape index (κ3) is 3.16. The van der Waals surface area contributed by atoms with E-state index in [0.717, 1.165) is 47.8 Å². The molecule has 112 valence electrons. The van der Waals surface area contributed by atoms with Crippen molar-refractivity contribution in [1.82, 2.24) is 14.9 Å². The molecule has 0 saturated carbocycles. The summed E-state index contributed by atoms with van der Waals surface area (Å²) in [6, 6.07) is 5.78. The molecule has 1 aliphatic heterocycles. The van der Waals surface area contributed by atoms with Crippen molar-refractivity contribution in [3.63, 3.8) is 0 Å². The lowest BCUT2D eigenvalue weighted by Gasteiger charge is -2.29. The van der Waals surface area contributed by atoms with E-state index < -0.39 is 0 Å². The molecule has 2 aromatic rings. The molecule has 1 N–H and O–H groups in total. The third-order valence-electron chi connectivity index (χ3n) is 4.43. The molecule has 0 unspecified atom stereocenters. The lowest BCUT2D eigenvalue weighted by Crippen LogP contribution is -2.36. The van der Waals surface area contributed by atoms with E-state index in [0.29, 0.717) is 6.54 Å². The van der Waals surface area contributed by atoms with Crippen molar-refractivity contribution in [2.75, 3.05) is 19.6 Å². The number of nitrogens with zero attached hydrogens (tertiary/aromatic N) is 2. The van der Waals surface area contributed by atoms with Gasteiger partial charge in [-0.2, -0.15) is 0 Å². The van der Waals surface area contributed by atoms with E-state index in [9.17, 15) is 4.79 Å². The number of hydrogen-bond acceptors (Lipinski definition) is 3. The molecule has 1 aromatic carbocycles. The van der Waals surface area contributed by atoms with E-state index >= 15 is 0 Å². The fraction of sp³-hybridized carbons (Fsp3) is 0.529. The highest BCUT2D eigenvalue weighted by atomic mass is 16.1. The molecule has 2 heterocycles. The van der Waals surface area contributed by atoms with Crippen molar-refractivity contribution in [3.8, 4) is 0 Å². The molecule has 0 spiro atoms. The second kappa shape index (κ2) is 5.98. The molecule has 1 aliphatic rings. The summed E-state index contributed by atoms with van der Waals surface area (Å²) in [7, 11) is 0. The smallest absolute Gasteiger partial charge is 0.176 e. The molecule has 0 atom stereocenters. The summed E-state index contributed by atoms with van der Waals surface area (Å²) in [4.78, 5) is 22.5. The molecule has 1 saturated heterocycles. The van der Waals surface area contributed by atoms with Crippen LogP contribution in [-0.2, 0) is 6.42 Å². The summed E-state index contributed by atoms with van der Waals surface area (Å²) >= 11 is 0. The number of Topliss-reactive ketones (excluding diaryl/α,β-unsaturated/α-hetero) is 1. The lowest BCUT2D eigenvalue weighted by atomic mass is 9.98. The van der Waals surface area contributed by atoms with Crippen molar-refractivity contribution in [2.45, 2.75) is 33.1 Å². The van der Waals surface area contributed by atoms with Crippen LogP contribution in [0.25, 0.3) is 11.0 Å². The van der Waals surface area contributed by atoms with Crippen LogP contribution in [0.1, 0.15) is 42.9 Å². The van der Waals surface area contributed by atoms with E-state index in [2.05, 4.69) is 28.7 Å². The van der Waals surface area contributed by atoms with E-state index in [-0.39, 0.29) is 5.78 Å². The Bertz CT molecular complexity index is 639. The fourth-order valence-corrected chi connectivity index (χ4v) is 2.92. The molecular formula is C17H23N3O. The summed E-state index contributed by atoms with van der Waals surface area (Å²) in [5.41, 5.74) is 2.69. The topological polar surface area (TPSA) is 49.0 Å². The van der Waals surface area contributed by atoms with Crippen LogP contribution in [0.15, 0.2) is 18.2 Å². The third-order valence-corrected chi connectivity index (χ3v) is 4.43. The van der Waals surface area contributed by atoms with Gasteiger partial charge in [-0.15, -0.1) is 0 Å². The van der Waals surface area contributed by atoms with Gasteiger partial charge in [-0.3, -0.25) is 9.69 Å².